The van der Waals surface area contributed by atoms with Crippen molar-refractivity contribution in [1.82, 2.24) is 0 Å². The van der Waals surface area contributed by atoms with Gasteiger partial charge in [0.1, 0.15) is 5.92 Å². The third-order valence-corrected chi connectivity index (χ3v) is 2.41. The van der Waals surface area contributed by atoms with Gasteiger partial charge in [-0.3, -0.25) is 9.59 Å². The number of carboxylic acids is 1. The van der Waals surface area contributed by atoms with Crippen molar-refractivity contribution in [3.8, 4) is 0 Å². The molecule has 4 nitrogen and oxygen atoms in total. The number of carbonyl (C=O) groups excluding carboxylic acids is 1. The summed E-state index contributed by atoms with van der Waals surface area (Å²) in [4.78, 5) is 21.7. The average Bonchev–Trinajstić information content (AvgIpc) is 2.15. The number of primary amides is 1. The maximum Gasteiger partial charge on any atom is 0.407 e. The number of allylic oxidation sites excluding steroid dienone is 2. The molecule has 2 atom stereocenters. The van der Waals surface area contributed by atoms with Gasteiger partial charge in [0.2, 0.25) is 5.91 Å². The van der Waals surface area contributed by atoms with E-state index in [1.807, 2.05) is 0 Å². The minimum Gasteiger partial charge on any atom is -0.481 e. The molecule has 0 aromatic heterocycles. The average molecular weight is 235 g/mol. The van der Waals surface area contributed by atoms with E-state index < -0.39 is 29.4 Å². The number of carbonyl (C=O) groups is 2. The molecule has 0 bridgehead atoms. The highest BCUT2D eigenvalue weighted by molar-refractivity contribution is 5.91. The van der Waals surface area contributed by atoms with Crippen molar-refractivity contribution in [2.45, 2.75) is 6.18 Å². The van der Waals surface area contributed by atoms with E-state index in [1.165, 1.54) is 0 Å². The van der Waals surface area contributed by atoms with E-state index in [-0.39, 0.29) is 0 Å². The zero-order chi connectivity index (χ0) is 12.6. The second-order valence-electron chi connectivity index (χ2n) is 3.29. The van der Waals surface area contributed by atoms with Gasteiger partial charge in [-0.2, -0.15) is 13.2 Å². The molecule has 0 saturated carbocycles. The number of carboxylic acid groups (broad SMARTS) is 1. The lowest BCUT2D eigenvalue weighted by atomic mass is 9.71. The molecule has 0 radical (unpaired) electrons. The maximum atomic E-state index is 12.8. The number of halogens is 3. The van der Waals surface area contributed by atoms with Gasteiger partial charge < -0.3 is 10.8 Å². The normalized spacial score (nSPS) is 29.1. The predicted molar refractivity (Wildman–Crippen MR) is 47.1 cm³/mol. The highest BCUT2D eigenvalue weighted by Gasteiger charge is 2.64. The molecule has 88 valence electrons. The second-order valence-corrected chi connectivity index (χ2v) is 3.29. The smallest absolute Gasteiger partial charge is 0.407 e. The standard InChI is InChI=1S/C9H8F3NO3/c10-9(11,12)8(7(13)16)4-2-1-3-5(8)6(14)15/h1-5H,(H2,13,16)(H,14,15). The largest absolute Gasteiger partial charge is 0.481 e. The Morgan fingerprint density at radius 2 is 1.88 bits per heavy atom. The van der Waals surface area contributed by atoms with E-state index in [2.05, 4.69) is 0 Å². The zero-order valence-electron chi connectivity index (χ0n) is 7.86. The molecule has 0 fully saturated rings. The van der Waals surface area contributed by atoms with Crippen LogP contribution in [0.5, 0.6) is 0 Å². The third kappa shape index (κ3) is 1.58. The van der Waals surface area contributed by atoms with Gasteiger partial charge in [0.25, 0.3) is 0 Å². The van der Waals surface area contributed by atoms with Crippen LogP contribution in [0.25, 0.3) is 0 Å². The van der Waals surface area contributed by atoms with Gasteiger partial charge >= 0.3 is 12.1 Å². The fraction of sp³-hybridized carbons (Fsp3) is 0.333. The molecule has 1 aliphatic rings. The van der Waals surface area contributed by atoms with E-state index in [0.29, 0.717) is 6.08 Å². The van der Waals surface area contributed by atoms with Crippen LogP contribution in [0.4, 0.5) is 13.2 Å². The fourth-order valence-corrected chi connectivity index (χ4v) is 1.56. The van der Waals surface area contributed by atoms with Gasteiger partial charge in [-0.1, -0.05) is 24.3 Å². The number of hydrogen-bond donors (Lipinski definition) is 2. The number of aliphatic carboxylic acids is 1. The van der Waals surface area contributed by atoms with Gasteiger partial charge in [-0.15, -0.1) is 0 Å². The lowest BCUT2D eigenvalue weighted by Gasteiger charge is -2.34. The Hall–Kier alpha value is -1.79. The van der Waals surface area contributed by atoms with Gasteiger partial charge in [0.15, 0.2) is 5.41 Å². The lowest BCUT2D eigenvalue weighted by molar-refractivity contribution is -0.219. The maximum absolute atomic E-state index is 12.8. The number of nitrogens with two attached hydrogens (primary N) is 1. The summed E-state index contributed by atoms with van der Waals surface area (Å²) < 4.78 is 38.4. The van der Waals surface area contributed by atoms with Gasteiger partial charge in [-0.25, -0.2) is 0 Å². The van der Waals surface area contributed by atoms with Crippen LogP contribution in [0.2, 0.25) is 0 Å². The number of rotatable bonds is 2. The first-order chi connectivity index (χ1) is 7.23. The minimum atomic E-state index is -5.05. The van der Waals surface area contributed by atoms with Crippen molar-refractivity contribution >= 4 is 11.9 Å². The predicted octanol–water partition coefficient (Wildman–Crippen LogP) is 0.847. The highest BCUT2D eigenvalue weighted by atomic mass is 19.4. The van der Waals surface area contributed by atoms with E-state index in [9.17, 15) is 22.8 Å². The first-order valence-corrected chi connectivity index (χ1v) is 4.19. The van der Waals surface area contributed by atoms with Crippen molar-refractivity contribution in [2.24, 2.45) is 17.1 Å². The number of amides is 1. The first-order valence-electron chi connectivity index (χ1n) is 4.19. The minimum absolute atomic E-state index is 0.480. The van der Waals surface area contributed by atoms with Crippen LogP contribution >= 0.6 is 0 Å². The van der Waals surface area contributed by atoms with E-state index in [1.54, 1.807) is 0 Å². The number of hydrogen-bond acceptors (Lipinski definition) is 2. The van der Waals surface area contributed by atoms with Crippen molar-refractivity contribution in [3.05, 3.63) is 24.3 Å². The van der Waals surface area contributed by atoms with Crippen molar-refractivity contribution in [3.63, 3.8) is 0 Å². The topological polar surface area (TPSA) is 80.4 Å². The second kappa shape index (κ2) is 3.66. The monoisotopic (exact) mass is 235 g/mol. The molecule has 1 rings (SSSR count). The SMILES string of the molecule is NC(=O)C1(C(F)(F)F)C=CC=CC1C(=O)O. The molecule has 0 aliphatic heterocycles. The molecule has 0 aromatic rings. The van der Waals surface area contributed by atoms with Crippen LogP contribution in [0.1, 0.15) is 0 Å². The van der Waals surface area contributed by atoms with Crippen LogP contribution in [-0.4, -0.2) is 23.2 Å². The Kier molecular flexibility index (Phi) is 2.81. The molecule has 0 heterocycles. The summed E-state index contributed by atoms with van der Waals surface area (Å²) in [6, 6.07) is 0. The third-order valence-electron chi connectivity index (χ3n) is 2.41. The molecule has 1 aliphatic carbocycles. The highest BCUT2D eigenvalue weighted by Crippen LogP contribution is 2.47. The van der Waals surface area contributed by atoms with Crippen molar-refractivity contribution in [1.29, 1.82) is 0 Å². The lowest BCUT2D eigenvalue weighted by Crippen LogP contribution is -2.54. The first kappa shape index (κ1) is 12.3. The van der Waals surface area contributed by atoms with Crippen molar-refractivity contribution < 1.29 is 27.9 Å². The van der Waals surface area contributed by atoms with Crippen LogP contribution in [-0.2, 0) is 9.59 Å². The van der Waals surface area contributed by atoms with Gasteiger partial charge in [0.05, 0.1) is 0 Å². The van der Waals surface area contributed by atoms with Gasteiger partial charge in [-0.05, 0) is 0 Å². The van der Waals surface area contributed by atoms with Crippen LogP contribution in [0, 0.1) is 11.3 Å². The van der Waals surface area contributed by atoms with E-state index in [4.69, 9.17) is 10.8 Å². The summed E-state index contributed by atoms with van der Waals surface area (Å²) in [5.41, 5.74) is 1.54. The van der Waals surface area contributed by atoms with E-state index in [0.717, 1.165) is 18.2 Å². The summed E-state index contributed by atoms with van der Waals surface area (Å²) in [6.07, 6.45) is -1.69. The molecule has 7 heteroatoms. The Labute approximate surface area is 88.2 Å². The molecule has 16 heavy (non-hydrogen) atoms. The quantitative estimate of drug-likeness (QED) is 0.744. The van der Waals surface area contributed by atoms with Crippen LogP contribution < -0.4 is 5.73 Å². The molecule has 3 N–H and O–H groups in total. The summed E-state index contributed by atoms with van der Waals surface area (Å²) in [5.74, 6) is -5.51. The zero-order valence-corrected chi connectivity index (χ0v) is 7.86. The summed E-state index contributed by atoms with van der Waals surface area (Å²) in [7, 11) is 0. The molecule has 0 saturated heterocycles. The Balaban J connectivity index is 3.39. The molecular formula is C9H8F3NO3. The Bertz CT molecular complexity index is 386. The Morgan fingerprint density at radius 3 is 2.19 bits per heavy atom. The van der Waals surface area contributed by atoms with E-state index >= 15 is 0 Å². The molecular weight excluding hydrogens is 227 g/mol. The Morgan fingerprint density at radius 1 is 1.31 bits per heavy atom. The molecule has 1 amide bonds. The molecule has 0 aromatic carbocycles. The number of alkyl halides is 3. The molecule has 0 spiro atoms. The van der Waals surface area contributed by atoms with Crippen molar-refractivity contribution in [2.75, 3.05) is 0 Å². The fourth-order valence-electron chi connectivity index (χ4n) is 1.56. The van der Waals surface area contributed by atoms with Gasteiger partial charge in [0, 0.05) is 0 Å². The summed E-state index contributed by atoms with van der Waals surface area (Å²) in [5, 5.41) is 8.69. The molecule has 2 unspecified atom stereocenters. The summed E-state index contributed by atoms with van der Waals surface area (Å²) >= 11 is 0. The van der Waals surface area contributed by atoms with Crippen LogP contribution in [0.15, 0.2) is 24.3 Å². The van der Waals surface area contributed by atoms with Crippen LogP contribution in [0.3, 0.4) is 0 Å². The summed E-state index contributed by atoms with van der Waals surface area (Å²) in [6.45, 7) is 0.